The first kappa shape index (κ1) is 10.4. The minimum absolute atomic E-state index is 0.0809. The number of nitrogens with one attached hydrogen (secondary N) is 1. The van der Waals surface area contributed by atoms with E-state index in [2.05, 4.69) is 5.32 Å². The Kier molecular flexibility index (Phi) is 5.84. The molecule has 0 saturated carbocycles. The van der Waals surface area contributed by atoms with E-state index < -0.39 is 0 Å². The van der Waals surface area contributed by atoms with E-state index in [4.69, 9.17) is 4.74 Å². The van der Waals surface area contributed by atoms with Gasteiger partial charge in [-0.3, -0.25) is 4.79 Å². The molecule has 1 amide bonds. The third-order valence-corrected chi connectivity index (χ3v) is 1.28. The van der Waals surface area contributed by atoms with Crippen molar-refractivity contribution in [3.8, 4) is 0 Å². The van der Waals surface area contributed by atoms with Crippen molar-refractivity contribution in [2.75, 3.05) is 13.7 Å². The molecule has 0 atom stereocenters. The summed E-state index contributed by atoms with van der Waals surface area (Å²) in [5, 5.41) is 2.56. The zero-order valence-corrected chi connectivity index (χ0v) is 7.52. The topological polar surface area (TPSA) is 38.3 Å². The molecule has 1 N–H and O–H groups in total. The fourth-order valence-corrected chi connectivity index (χ4v) is 0.677. The van der Waals surface area contributed by atoms with Crippen LogP contribution in [0, 0.1) is 0 Å². The average Bonchev–Trinajstić information content (AvgIpc) is 1.97. The van der Waals surface area contributed by atoms with Crippen LogP contribution in [0.15, 0.2) is 0 Å². The van der Waals surface area contributed by atoms with E-state index in [0.717, 1.165) is 6.42 Å². The molecule has 0 bridgehead atoms. The lowest BCUT2D eigenvalue weighted by atomic mass is 10.3. The zero-order chi connectivity index (χ0) is 8.69. The van der Waals surface area contributed by atoms with Crippen molar-refractivity contribution < 1.29 is 9.53 Å². The predicted molar refractivity (Wildman–Crippen MR) is 44.4 cm³/mol. The van der Waals surface area contributed by atoms with E-state index in [1.54, 1.807) is 7.05 Å². The van der Waals surface area contributed by atoms with Gasteiger partial charge in [0.05, 0.1) is 6.10 Å². The summed E-state index contributed by atoms with van der Waals surface area (Å²) in [7, 11) is 1.64. The summed E-state index contributed by atoms with van der Waals surface area (Å²) in [5.74, 6) is 0.0809. The van der Waals surface area contributed by atoms with Crippen LogP contribution < -0.4 is 5.32 Å². The SMILES string of the molecule is CNC(=O)CCCOC(C)C. The molecule has 0 fully saturated rings. The van der Waals surface area contributed by atoms with Crippen molar-refractivity contribution in [1.29, 1.82) is 0 Å². The van der Waals surface area contributed by atoms with Crippen LogP contribution in [0.3, 0.4) is 0 Å². The Hall–Kier alpha value is -0.570. The summed E-state index contributed by atoms with van der Waals surface area (Å²) in [4.78, 5) is 10.7. The van der Waals surface area contributed by atoms with E-state index in [9.17, 15) is 4.79 Å². The number of amides is 1. The number of rotatable bonds is 5. The first-order chi connectivity index (χ1) is 5.16. The molecule has 0 aliphatic carbocycles. The van der Waals surface area contributed by atoms with Gasteiger partial charge in [0.25, 0.3) is 0 Å². The highest BCUT2D eigenvalue weighted by molar-refractivity contribution is 5.75. The molecule has 0 saturated heterocycles. The van der Waals surface area contributed by atoms with Crippen molar-refractivity contribution >= 4 is 5.91 Å². The Balaban J connectivity index is 3.08. The van der Waals surface area contributed by atoms with Crippen LogP contribution in [0.4, 0.5) is 0 Å². The first-order valence-corrected chi connectivity index (χ1v) is 3.99. The Morgan fingerprint density at radius 3 is 2.64 bits per heavy atom. The summed E-state index contributed by atoms with van der Waals surface area (Å²) in [6.07, 6.45) is 1.63. The van der Waals surface area contributed by atoms with E-state index in [1.807, 2.05) is 13.8 Å². The van der Waals surface area contributed by atoms with Crippen molar-refractivity contribution in [1.82, 2.24) is 5.32 Å². The number of carbonyl (C=O) groups is 1. The van der Waals surface area contributed by atoms with Crippen LogP contribution in [0.2, 0.25) is 0 Å². The van der Waals surface area contributed by atoms with Gasteiger partial charge in [0.1, 0.15) is 0 Å². The van der Waals surface area contributed by atoms with Crippen LogP contribution in [0.1, 0.15) is 26.7 Å². The Bertz CT molecular complexity index is 113. The predicted octanol–water partition coefficient (Wildman–Crippen LogP) is 0.938. The Morgan fingerprint density at radius 1 is 1.55 bits per heavy atom. The quantitative estimate of drug-likeness (QED) is 0.606. The van der Waals surface area contributed by atoms with Gasteiger partial charge in [-0.1, -0.05) is 0 Å². The summed E-state index contributed by atoms with van der Waals surface area (Å²) in [6.45, 7) is 4.64. The van der Waals surface area contributed by atoms with Gasteiger partial charge in [-0.05, 0) is 20.3 Å². The highest BCUT2D eigenvalue weighted by atomic mass is 16.5. The Labute approximate surface area is 68.1 Å². The van der Waals surface area contributed by atoms with Gasteiger partial charge in [0, 0.05) is 20.1 Å². The van der Waals surface area contributed by atoms with Crippen LogP contribution in [-0.4, -0.2) is 25.7 Å². The summed E-state index contributed by atoms with van der Waals surface area (Å²) < 4.78 is 5.26. The fourth-order valence-electron chi connectivity index (χ4n) is 0.677. The molecule has 3 heteroatoms. The largest absolute Gasteiger partial charge is 0.379 e. The molecule has 0 radical (unpaired) electrons. The third kappa shape index (κ3) is 7.33. The average molecular weight is 159 g/mol. The fraction of sp³-hybridized carbons (Fsp3) is 0.875. The molecular weight excluding hydrogens is 142 g/mol. The van der Waals surface area contributed by atoms with Gasteiger partial charge >= 0.3 is 0 Å². The van der Waals surface area contributed by atoms with Gasteiger partial charge < -0.3 is 10.1 Å². The standard InChI is InChI=1S/C8H17NO2/c1-7(2)11-6-4-5-8(10)9-3/h7H,4-6H2,1-3H3,(H,9,10). The lowest BCUT2D eigenvalue weighted by molar-refractivity contribution is -0.121. The van der Waals surface area contributed by atoms with Crippen LogP contribution in [0.5, 0.6) is 0 Å². The highest BCUT2D eigenvalue weighted by Gasteiger charge is 1.97. The second-order valence-corrected chi connectivity index (χ2v) is 2.70. The molecule has 0 spiro atoms. The number of hydrogen-bond donors (Lipinski definition) is 1. The molecule has 11 heavy (non-hydrogen) atoms. The molecule has 0 aliphatic rings. The second-order valence-electron chi connectivity index (χ2n) is 2.70. The summed E-state index contributed by atoms with van der Waals surface area (Å²) in [6, 6.07) is 0. The monoisotopic (exact) mass is 159 g/mol. The molecule has 0 rings (SSSR count). The van der Waals surface area contributed by atoms with Gasteiger partial charge in [-0.2, -0.15) is 0 Å². The van der Waals surface area contributed by atoms with Crippen molar-refractivity contribution in [2.45, 2.75) is 32.8 Å². The van der Waals surface area contributed by atoms with Gasteiger partial charge in [-0.25, -0.2) is 0 Å². The smallest absolute Gasteiger partial charge is 0.219 e. The van der Waals surface area contributed by atoms with Crippen molar-refractivity contribution in [3.05, 3.63) is 0 Å². The van der Waals surface area contributed by atoms with Gasteiger partial charge in [0.15, 0.2) is 0 Å². The van der Waals surface area contributed by atoms with Crippen LogP contribution in [-0.2, 0) is 9.53 Å². The molecule has 3 nitrogen and oxygen atoms in total. The van der Waals surface area contributed by atoms with Gasteiger partial charge in [0.2, 0.25) is 5.91 Å². The Morgan fingerprint density at radius 2 is 2.18 bits per heavy atom. The maximum atomic E-state index is 10.7. The lowest BCUT2D eigenvalue weighted by Gasteiger charge is -2.05. The highest BCUT2D eigenvalue weighted by Crippen LogP contribution is 1.93. The van der Waals surface area contributed by atoms with Crippen molar-refractivity contribution in [3.63, 3.8) is 0 Å². The minimum atomic E-state index is 0.0809. The molecule has 0 aliphatic heterocycles. The normalized spacial score (nSPS) is 10.2. The van der Waals surface area contributed by atoms with E-state index in [1.165, 1.54) is 0 Å². The van der Waals surface area contributed by atoms with E-state index in [-0.39, 0.29) is 12.0 Å². The van der Waals surface area contributed by atoms with Crippen molar-refractivity contribution in [2.24, 2.45) is 0 Å². The molecule has 0 heterocycles. The molecule has 0 aromatic rings. The number of hydrogen-bond acceptors (Lipinski definition) is 2. The summed E-state index contributed by atoms with van der Waals surface area (Å²) in [5.41, 5.74) is 0. The maximum absolute atomic E-state index is 10.7. The van der Waals surface area contributed by atoms with Gasteiger partial charge in [-0.15, -0.1) is 0 Å². The maximum Gasteiger partial charge on any atom is 0.219 e. The lowest BCUT2D eigenvalue weighted by Crippen LogP contribution is -2.18. The first-order valence-electron chi connectivity index (χ1n) is 3.99. The third-order valence-electron chi connectivity index (χ3n) is 1.28. The molecule has 66 valence electrons. The molecule has 0 unspecified atom stereocenters. The molecule has 0 aromatic carbocycles. The minimum Gasteiger partial charge on any atom is -0.379 e. The van der Waals surface area contributed by atoms with E-state index in [0.29, 0.717) is 13.0 Å². The number of ether oxygens (including phenoxy) is 1. The molecule has 0 aromatic heterocycles. The van der Waals surface area contributed by atoms with Crippen LogP contribution >= 0.6 is 0 Å². The molecular formula is C8H17NO2. The number of carbonyl (C=O) groups excluding carboxylic acids is 1. The van der Waals surface area contributed by atoms with Crippen LogP contribution in [0.25, 0.3) is 0 Å². The summed E-state index contributed by atoms with van der Waals surface area (Å²) >= 11 is 0. The van der Waals surface area contributed by atoms with E-state index >= 15 is 0 Å². The second kappa shape index (κ2) is 6.16. The zero-order valence-electron chi connectivity index (χ0n) is 7.52.